The molecule has 6 aromatic rings. The Balaban J connectivity index is 0.00000312. The Kier molecular flexibility index (Phi) is 6.85. The summed E-state index contributed by atoms with van der Waals surface area (Å²) >= 11 is 0. The summed E-state index contributed by atoms with van der Waals surface area (Å²) in [6, 6.07) is 38.9. The third-order valence-corrected chi connectivity index (χ3v) is 10.1. The average Bonchev–Trinajstić information content (AvgIpc) is 3.81. The van der Waals surface area contributed by atoms with Crippen LogP contribution in [0.5, 0.6) is 11.5 Å². The van der Waals surface area contributed by atoms with Crippen LogP contribution in [0.1, 0.15) is 52.0 Å². The van der Waals surface area contributed by atoms with E-state index in [2.05, 4.69) is 127 Å². The van der Waals surface area contributed by atoms with Crippen LogP contribution in [0.3, 0.4) is 0 Å². The molecule has 0 unspecified atom stereocenters. The van der Waals surface area contributed by atoms with Crippen molar-refractivity contribution in [2.24, 2.45) is 5.92 Å². The molecule has 234 valence electrons. The van der Waals surface area contributed by atoms with Crippen molar-refractivity contribution >= 4 is 38.9 Å². The molecule has 6 heteroatoms. The first-order valence-electron chi connectivity index (χ1n) is 16.0. The Labute approximate surface area is 285 Å². The van der Waals surface area contributed by atoms with Crippen LogP contribution in [0.4, 0.5) is 17.1 Å². The molecule has 4 aliphatic rings. The van der Waals surface area contributed by atoms with E-state index < -0.39 is 0 Å². The third-order valence-electron chi connectivity index (χ3n) is 10.1. The molecule has 3 saturated carbocycles. The fraction of sp³-hybridized carbons (Fsp3) is 0.250. The van der Waals surface area contributed by atoms with Gasteiger partial charge in [0.25, 0.3) is 0 Å². The van der Waals surface area contributed by atoms with Crippen LogP contribution in [0.15, 0.2) is 97.2 Å². The molecule has 0 N–H and O–H groups in total. The van der Waals surface area contributed by atoms with Gasteiger partial charge in [-0.1, -0.05) is 56.6 Å². The summed E-state index contributed by atoms with van der Waals surface area (Å²) in [4.78, 5) is 9.61. The number of nitrogens with zero attached hydrogens (tertiary/aromatic N) is 4. The van der Waals surface area contributed by atoms with Crippen molar-refractivity contribution < 1.29 is 25.8 Å². The van der Waals surface area contributed by atoms with Gasteiger partial charge < -0.3 is 19.1 Å². The first-order valence-corrected chi connectivity index (χ1v) is 16.0. The predicted octanol–water partition coefficient (Wildman–Crippen LogP) is 9.89. The maximum atomic E-state index is 6.49. The van der Waals surface area contributed by atoms with Gasteiger partial charge in [-0.3, -0.25) is 0 Å². The van der Waals surface area contributed by atoms with Crippen molar-refractivity contribution in [3.63, 3.8) is 0 Å². The molecule has 1 aliphatic heterocycles. The second kappa shape index (κ2) is 10.7. The number of pyridine rings is 1. The zero-order valence-electron chi connectivity index (χ0n) is 26.2. The van der Waals surface area contributed by atoms with Gasteiger partial charge >= 0.3 is 0 Å². The van der Waals surface area contributed by atoms with Crippen LogP contribution in [0.25, 0.3) is 27.6 Å². The van der Waals surface area contributed by atoms with Crippen LogP contribution >= 0.6 is 0 Å². The van der Waals surface area contributed by atoms with Gasteiger partial charge in [-0.05, 0) is 78.3 Å². The van der Waals surface area contributed by atoms with Crippen molar-refractivity contribution in [3.8, 4) is 17.3 Å². The standard InChI is InChI=1S/C40H35N4O.Pt/c1-39(2,3)28-18-20-41-38(21-28)44-34-12-5-4-11-32(34)33-16-15-31(23-37(33)44)45-30-10-8-9-29(22-30)42-26-43(36-14-7-6-13-35(36)42)40-19-17-27(24-40)25-40;/h4-16,18,20-21,26-27H,17,19,24-25H2,1-3H3;/q-3;. The maximum absolute atomic E-state index is 6.49. The number of hydrogen-bond acceptors (Lipinski definition) is 4. The molecule has 3 heterocycles. The molecule has 3 fully saturated rings. The molecule has 10 rings (SSSR count). The molecule has 4 aromatic carbocycles. The van der Waals surface area contributed by atoms with E-state index in [1.54, 1.807) is 0 Å². The summed E-state index contributed by atoms with van der Waals surface area (Å²) < 4.78 is 8.69. The van der Waals surface area contributed by atoms with Gasteiger partial charge in [0.05, 0.1) is 0 Å². The zero-order chi connectivity index (χ0) is 30.3. The van der Waals surface area contributed by atoms with Crippen LogP contribution < -0.4 is 14.5 Å². The number of anilines is 3. The van der Waals surface area contributed by atoms with Crippen molar-refractivity contribution in [1.29, 1.82) is 0 Å². The molecule has 5 nitrogen and oxygen atoms in total. The van der Waals surface area contributed by atoms with E-state index in [-0.39, 0.29) is 32.0 Å². The van der Waals surface area contributed by atoms with E-state index in [4.69, 9.17) is 9.72 Å². The molecule has 2 bridgehead atoms. The van der Waals surface area contributed by atoms with Crippen LogP contribution in [0.2, 0.25) is 0 Å². The van der Waals surface area contributed by atoms with Crippen molar-refractivity contribution in [2.75, 3.05) is 9.80 Å². The molecule has 0 spiro atoms. The van der Waals surface area contributed by atoms with Gasteiger partial charge in [0.2, 0.25) is 0 Å². The third kappa shape index (κ3) is 4.58. The molecular weight excluding hydrogens is 748 g/mol. The Morgan fingerprint density at radius 2 is 1.63 bits per heavy atom. The topological polar surface area (TPSA) is 33.5 Å². The number of aromatic nitrogens is 2. The minimum atomic E-state index is 0. The van der Waals surface area contributed by atoms with E-state index >= 15 is 0 Å². The zero-order valence-corrected chi connectivity index (χ0v) is 28.5. The fourth-order valence-electron chi connectivity index (χ4n) is 7.83. The molecule has 46 heavy (non-hydrogen) atoms. The molecule has 0 radical (unpaired) electrons. The summed E-state index contributed by atoms with van der Waals surface area (Å²) in [5.74, 6) is 3.08. The average molecular weight is 783 g/mol. The van der Waals surface area contributed by atoms with E-state index in [0.717, 1.165) is 33.8 Å². The Morgan fingerprint density at radius 1 is 0.848 bits per heavy atom. The summed E-state index contributed by atoms with van der Waals surface area (Å²) in [5.41, 5.74) is 7.00. The summed E-state index contributed by atoms with van der Waals surface area (Å²) in [5, 5.41) is 2.28. The summed E-state index contributed by atoms with van der Waals surface area (Å²) in [6.45, 7) is 8.98. The quantitative estimate of drug-likeness (QED) is 0.163. The summed E-state index contributed by atoms with van der Waals surface area (Å²) in [6.07, 6.45) is 7.11. The van der Waals surface area contributed by atoms with E-state index in [9.17, 15) is 0 Å². The molecule has 2 aromatic heterocycles. The Morgan fingerprint density at radius 3 is 2.43 bits per heavy atom. The van der Waals surface area contributed by atoms with Crippen molar-refractivity contribution in [2.45, 2.75) is 57.4 Å². The molecule has 3 aliphatic carbocycles. The fourth-order valence-corrected chi connectivity index (χ4v) is 7.83. The van der Waals surface area contributed by atoms with Gasteiger partial charge in [0.15, 0.2) is 0 Å². The molecule has 0 atom stereocenters. The number of para-hydroxylation sites is 3. The number of rotatable bonds is 5. The SMILES string of the molecule is CC(C)(C)c1ccnc(-n2c3[c-]c(Oc4[c-]c(N5[CH-]N(C67CCC(C6)C7)c6ccccc65)ccc4)ccc3c3ccccc32)c1.[Pt]. The molecular formula is C40H35N4OPt-3. The smallest absolute Gasteiger partial charge is 0.135 e. The molecule has 0 saturated heterocycles. The van der Waals surface area contributed by atoms with E-state index in [1.165, 1.54) is 48.0 Å². The normalized spacial score (nSPS) is 20.1. The second-order valence-corrected chi connectivity index (χ2v) is 14.0. The first-order chi connectivity index (χ1) is 21.9. The minimum Gasteiger partial charge on any atom is -0.509 e. The van der Waals surface area contributed by atoms with Crippen molar-refractivity contribution in [3.05, 3.63) is 122 Å². The monoisotopic (exact) mass is 782 g/mol. The summed E-state index contributed by atoms with van der Waals surface area (Å²) in [7, 11) is 0. The van der Waals surface area contributed by atoms with Gasteiger partial charge in [0.1, 0.15) is 5.82 Å². The van der Waals surface area contributed by atoms with Gasteiger partial charge in [-0.15, -0.1) is 41.4 Å². The largest absolute Gasteiger partial charge is 0.509 e. The Bertz CT molecular complexity index is 2100. The first kappa shape index (κ1) is 29.3. The minimum absolute atomic E-state index is 0. The maximum Gasteiger partial charge on any atom is 0.135 e. The Hall–Kier alpha value is -4.08. The van der Waals surface area contributed by atoms with E-state index in [1.807, 2.05) is 24.4 Å². The number of fused-ring (bicyclic) bond motifs is 5. The van der Waals surface area contributed by atoms with E-state index in [0.29, 0.717) is 11.5 Å². The number of hydrogen-bond donors (Lipinski definition) is 0. The van der Waals surface area contributed by atoms with Crippen LogP contribution in [-0.4, -0.2) is 15.1 Å². The van der Waals surface area contributed by atoms with Gasteiger partial charge in [0, 0.05) is 61.2 Å². The van der Waals surface area contributed by atoms with Crippen LogP contribution in [-0.2, 0) is 26.5 Å². The van der Waals surface area contributed by atoms with Gasteiger partial charge in [-0.2, -0.15) is 18.8 Å². The second-order valence-electron chi connectivity index (χ2n) is 14.0. The van der Waals surface area contributed by atoms with Gasteiger partial charge in [-0.25, -0.2) is 4.98 Å². The predicted molar refractivity (Wildman–Crippen MR) is 182 cm³/mol. The van der Waals surface area contributed by atoms with Crippen molar-refractivity contribution in [1.82, 2.24) is 9.55 Å². The molecule has 0 amide bonds. The van der Waals surface area contributed by atoms with Crippen LogP contribution in [0, 0.1) is 24.7 Å². The number of ether oxygens (including phenoxy) is 1. The number of benzene rings is 4.